The smallest absolute Gasteiger partial charge is 0.140 e. The number of pyridine rings is 1. The lowest BCUT2D eigenvalue weighted by Crippen LogP contribution is -2.39. The molecule has 4 nitrogen and oxygen atoms in total. The molecule has 5 heteroatoms. The first-order valence-corrected chi connectivity index (χ1v) is 6.68. The second kappa shape index (κ2) is 5.52. The van der Waals surface area contributed by atoms with E-state index in [1.165, 1.54) is 23.6 Å². The minimum absolute atomic E-state index is 0.654. The van der Waals surface area contributed by atoms with Crippen LogP contribution in [0.3, 0.4) is 0 Å². The maximum absolute atomic E-state index is 5.35. The highest BCUT2D eigenvalue weighted by molar-refractivity contribution is 7.99. The standard InChI is InChI=1S/C11H18N4S/c1-9-8-16-5-4-15(9)7-10-2-3-13-11(6-10)14-12/h2-3,6,9H,4-5,7-8,12H2,1H3,(H,13,14). The normalized spacial score (nSPS) is 22.0. The third kappa shape index (κ3) is 2.87. The number of hydrogen-bond acceptors (Lipinski definition) is 5. The molecule has 2 rings (SSSR count). The first-order valence-electron chi connectivity index (χ1n) is 5.53. The average molecular weight is 238 g/mol. The van der Waals surface area contributed by atoms with Crippen LogP contribution in [0.25, 0.3) is 0 Å². The molecule has 2 heterocycles. The van der Waals surface area contributed by atoms with E-state index < -0.39 is 0 Å². The largest absolute Gasteiger partial charge is 0.308 e. The molecule has 1 aromatic rings. The predicted molar refractivity (Wildman–Crippen MR) is 69.2 cm³/mol. The minimum Gasteiger partial charge on any atom is -0.308 e. The van der Waals surface area contributed by atoms with Crippen molar-refractivity contribution in [3.8, 4) is 0 Å². The summed E-state index contributed by atoms with van der Waals surface area (Å²) in [5.41, 5.74) is 3.85. The molecule has 0 radical (unpaired) electrons. The highest BCUT2D eigenvalue weighted by Gasteiger charge is 2.18. The number of nitrogen functional groups attached to an aromatic ring is 1. The Morgan fingerprint density at radius 3 is 3.31 bits per heavy atom. The van der Waals surface area contributed by atoms with Crippen LogP contribution in [-0.4, -0.2) is 34.0 Å². The summed E-state index contributed by atoms with van der Waals surface area (Å²) in [6, 6.07) is 4.71. The van der Waals surface area contributed by atoms with Crippen molar-refractivity contribution < 1.29 is 0 Å². The second-order valence-electron chi connectivity index (χ2n) is 4.09. The molecule has 1 unspecified atom stereocenters. The summed E-state index contributed by atoms with van der Waals surface area (Å²) >= 11 is 2.04. The fraction of sp³-hybridized carbons (Fsp3) is 0.545. The summed E-state index contributed by atoms with van der Waals surface area (Å²) in [4.78, 5) is 6.62. The molecule has 0 bridgehead atoms. The van der Waals surface area contributed by atoms with E-state index in [1.54, 1.807) is 6.20 Å². The zero-order valence-corrected chi connectivity index (χ0v) is 10.3. The molecule has 1 atom stereocenters. The number of rotatable bonds is 3. The number of anilines is 1. The van der Waals surface area contributed by atoms with Gasteiger partial charge in [-0.3, -0.25) is 4.90 Å². The van der Waals surface area contributed by atoms with Crippen LogP contribution in [0.4, 0.5) is 5.82 Å². The second-order valence-corrected chi connectivity index (χ2v) is 5.24. The van der Waals surface area contributed by atoms with Crippen molar-refractivity contribution in [2.75, 3.05) is 23.5 Å². The van der Waals surface area contributed by atoms with Crippen molar-refractivity contribution in [1.82, 2.24) is 9.88 Å². The quantitative estimate of drug-likeness (QED) is 0.614. The maximum Gasteiger partial charge on any atom is 0.140 e. The van der Waals surface area contributed by atoms with E-state index in [2.05, 4.69) is 28.3 Å². The van der Waals surface area contributed by atoms with E-state index in [4.69, 9.17) is 5.84 Å². The summed E-state index contributed by atoms with van der Waals surface area (Å²) in [6.45, 7) is 4.44. The van der Waals surface area contributed by atoms with Crippen molar-refractivity contribution in [1.29, 1.82) is 0 Å². The predicted octanol–water partition coefficient (Wildman–Crippen LogP) is 1.30. The Kier molecular flexibility index (Phi) is 4.04. The zero-order chi connectivity index (χ0) is 11.4. The van der Waals surface area contributed by atoms with Crippen LogP contribution in [-0.2, 0) is 6.54 Å². The van der Waals surface area contributed by atoms with Crippen molar-refractivity contribution in [3.05, 3.63) is 23.9 Å². The van der Waals surface area contributed by atoms with Gasteiger partial charge >= 0.3 is 0 Å². The monoisotopic (exact) mass is 238 g/mol. The molecule has 0 aliphatic carbocycles. The van der Waals surface area contributed by atoms with Crippen LogP contribution in [0.2, 0.25) is 0 Å². The van der Waals surface area contributed by atoms with Crippen LogP contribution in [0.5, 0.6) is 0 Å². The third-order valence-electron chi connectivity index (χ3n) is 2.86. The Hall–Kier alpha value is -0.780. The lowest BCUT2D eigenvalue weighted by molar-refractivity contribution is 0.224. The summed E-state index contributed by atoms with van der Waals surface area (Å²) < 4.78 is 0. The van der Waals surface area contributed by atoms with Gasteiger partial charge in [-0.1, -0.05) is 0 Å². The van der Waals surface area contributed by atoms with Gasteiger partial charge in [0.2, 0.25) is 0 Å². The van der Waals surface area contributed by atoms with Gasteiger partial charge in [0.25, 0.3) is 0 Å². The van der Waals surface area contributed by atoms with Gasteiger partial charge in [-0.25, -0.2) is 10.8 Å². The average Bonchev–Trinajstić information content (AvgIpc) is 2.32. The van der Waals surface area contributed by atoms with E-state index >= 15 is 0 Å². The van der Waals surface area contributed by atoms with Crippen LogP contribution >= 0.6 is 11.8 Å². The van der Waals surface area contributed by atoms with Gasteiger partial charge in [-0.2, -0.15) is 11.8 Å². The molecular formula is C11H18N4S. The first-order chi connectivity index (χ1) is 7.79. The number of thioether (sulfide) groups is 1. The number of hydrogen-bond donors (Lipinski definition) is 2. The maximum atomic E-state index is 5.35. The minimum atomic E-state index is 0.654. The SMILES string of the molecule is CC1CSCCN1Cc1ccnc(NN)c1. The fourth-order valence-corrected chi connectivity index (χ4v) is 2.96. The Morgan fingerprint density at radius 1 is 1.69 bits per heavy atom. The molecular weight excluding hydrogens is 220 g/mol. The third-order valence-corrected chi connectivity index (χ3v) is 4.05. The van der Waals surface area contributed by atoms with Gasteiger partial charge in [0.15, 0.2) is 0 Å². The lowest BCUT2D eigenvalue weighted by atomic mass is 10.2. The van der Waals surface area contributed by atoms with Crippen LogP contribution in [0, 0.1) is 0 Å². The zero-order valence-electron chi connectivity index (χ0n) is 9.52. The van der Waals surface area contributed by atoms with Crippen LogP contribution < -0.4 is 11.3 Å². The summed E-state index contributed by atoms with van der Waals surface area (Å²) in [5, 5.41) is 0. The molecule has 0 aromatic carbocycles. The van der Waals surface area contributed by atoms with Crippen LogP contribution in [0.1, 0.15) is 12.5 Å². The van der Waals surface area contributed by atoms with Gasteiger partial charge in [0.1, 0.15) is 5.82 Å². The fourth-order valence-electron chi connectivity index (χ4n) is 1.88. The van der Waals surface area contributed by atoms with Crippen molar-refractivity contribution in [2.45, 2.75) is 19.5 Å². The molecule has 0 saturated carbocycles. The van der Waals surface area contributed by atoms with Gasteiger partial charge in [0.05, 0.1) is 0 Å². The molecule has 1 aliphatic rings. The van der Waals surface area contributed by atoms with E-state index in [0.29, 0.717) is 6.04 Å². The Bertz CT molecular complexity index is 345. The summed E-state index contributed by atoms with van der Waals surface area (Å²) in [5.74, 6) is 8.55. The lowest BCUT2D eigenvalue weighted by Gasteiger charge is -2.32. The molecule has 1 aliphatic heterocycles. The van der Waals surface area contributed by atoms with Crippen LogP contribution in [0.15, 0.2) is 18.3 Å². The van der Waals surface area contributed by atoms with E-state index in [9.17, 15) is 0 Å². The Labute approximate surface area is 101 Å². The number of hydrazine groups is 1. The van der Waals surface area contributed by atoms with Gasteiger partial charge < -0.3 is 5.43 Å². The first kappa shape index (κ1) is 11.7. The molecule has 1 saturated heterocycles. The molecule has 88 valence electrons. The van der Waals surface area contributed by atoms with Crippen molar-refractivity contribution >= 4 is 17.6 Å². The van der Waals surface area contributed by atoms with Crippen molar-refractivity contribution in [2.24, 2.45) is 5.84 Å². The molecule has 0 amide bonds. The van der Waals surface area contributed by atoms with E-state index in [1.807, 2.05) is 17.8 Å². The Morgan fingerprint density at radius 2 is 2.56 bits per heavy atom. The summed E-state index contributed by atoms with van der Waals surface area (Å²) in [6.07, 6.45) is 1.80. The van der Waals surface area contributed by atoms with E-state index in [0.717, 1.165) is 12.4 Å². The molecule has 1 fully saturated rings. The highest BCUT2D eigenvalue weighted by Crippen LogP contribution is 2.19. The number of nitrogens with two attached hydrogens (primary N) is 1. The van der Waals surface area contributed by atoms with Crippen molar-refractivity contribution in [3.63, 3.8) is 0 Å². The molecule has 3 N–H and O–H groups in total. The Balaban J connectivity index is 2.01. The van der Waals surface area contributed by atoms with Gasteiger partial charge in [-0.15, -0.1) is 0 Å². The summed E-state index contributed by atoms with van der Waals surface area (Å²) in [7, 11) is 0. The molecule has 16 heavy (non-hydrogen) atoms. The molecule has 1 aromatic heterocycles. The number of nitrogens with zero attached hydrogens (tertiary/aromatic N) is 2. The van der Waals surface area contributed by atoms with E-state index in [-0.39, 0.29) is 0 Å². The topological polar surface area (TPSA) is 54.2 Å². The number of nitrogens with one attached hydrogen (secondary N) is 1. The number of aromatic nitrogens is 1. The highest BCUT2D eigenvalue weighted by atomic mass is 32.2. The van der Waals surface area contributed by atoms with Gasteiger partial charge in [-0.05, 0) is 24.6 Å². The van der Waals surface area contributed by atoms with Gasteiger partial charge in [0, 0.05) is 36.8 Å². The molecule has 0 spiro atoms.